The van der Waals surface area contributed by atoms with Crippen molar-refractivity contribution in [3.63, 3.8) is 0 Å². The Morgan fingerprint density at radius 3 is 2.62 bits per heavy atom. The molecule has 0 aliphatic carbocycles. The van der Waals surface area contributed by atoms with Crippen LogP contribution in [0.15, 0.2) is 76.0 Å². The highest BCUT2D eigenvalue weighted by molar-refractivity contribution is 7.90. The van der Waals surface area contributed by atoms with Crippen molar-refractivity contribution in [2.24, 2.45) is 4.40 Å². The molecule has 1 fully saturated rings. The molecule has 3 aromatic rings. The predicted molar refractivity (Wildman–Crippen MR) is 112 cm³/mol. The van der Waals surface area contributed by atoms with Gasteiger partial charge in [0, 0.05) is 17.8 Å². The normalized spacial score (nSPS) is 19.8. The van der Waals surface area contributed by atoms with Crippen molar-refractivity contribution in [2.75, 3.05) is 11.9 Å². The van der Waals surface area contributed by atoms with Crippen molar-refractivity contribution in [3.8, 4) is 0 Å². The van der Waals surface area contributed by atoms with Crippen LogP contribution in [0.1, 0.15) is 18.4 Å². The van der Waals surface area contributed by atoms with E-state index >= 15 is 0 Å². The zero-order valence-corrected chi connectivity index (χ0v) is 16.4. The summed E-state index contributed by atoms with van der Waals surface area (Å²) < 4.78 is 28.8. The van der Waals surface area contributed by atoms with Crippen LogP contribution in [0.25, 0.3) is 10.8 Å². The third-order valence-electron chi connectivity index (χ3n) is 5.46. The van der Waals surface area contributed by atoms with Gasteiger partial charge in [0.1, 0.15) is 10.9 Å². The van der Waals surface area contributed by atoms with Crippen LogP contribution in [0.4, 0.5) is 5.69 Å². The van der Waals surface area contributed by atoms with Gasteiger partial charge < -0.3 is 10.2 Å². The van der Waals surface area contributed by atoms with Crippen LogP contribution in [-0.4, -0.2) is 37.6 Å². The first-order valence-corrected chi connectivity index (χ1v) is 11.0. The molecule has 6 nitrogen and oxygen atoms in total. The number of nitrogens with zero attached hydrogens (tertiary/aromatic N) is 2. The molecule has 0 unspecified atom stereocenters. The molecule has 2 heterocycles. The maximum Gasteiger partial charge on any atom is 0.285 e. The quantitative estimate of drug-likeness (QED) is 0.709. The summed E-state index contributed by atoms with van der Waals surface area (Å²) in [4.78, 5) is 15.1. The molecule has 1 amide bonds. The van der Waals surface area contributed by atoms with E-state index in [0.717, 1.165) is 22.9 Å². The Bertz CT molecular complexity index is 1270. The minimum atomic E-state index is -3.71. The van der Waals surface area contributed by atoms with Crippen molar-refractivity contribution < 1.29 is 13.2 Å². The standard InChI is InChI=1S/C22H19N3O3S/c26-22(23-17-12-11-15-6-1-2-7-16(15)14-17)19-9-5-13-25(19)21-18-8-3-4-10-20(18)29(27,28)24-21/h1-4,6-8,10-12,14,19H,5,9,13H2,(H,23,26)/t19-/m0/s1. The number of sulfonamides is 1. The number of likely N-dealkylation sites (tertiary alicyclic amines) is 1. The lowest BCUT2D eigenvalue weighted by Crippen LogP contribution is -2.43. The SMILES string of the molecule is O=C(Nc1ccc2ccccc2c1)[C@@H]1CCCN1C1=NS(=O)(=O)c2ccccc21. The van der Waals surface area contributed by atoms with Crippen LogP contribution >= 0.6 is 0 Å². The molecule has 3 aromatic carbocycles. The number of fused-ring (bicyclic) bond motifs is 2. The van der Waals surface area contributed by atoms with Gasteiger partial charge in [-0.05, 0) is 47.9 Å². The maximum atomic E-state index is 13.0. The minimum Gasteiger partial charge on any atom is -0.343 e. The van der Waals surface area contributed by atoms with Gasteiger partial charge in [-0.3, -0.25) is 4.79 Å². The highest BCUT2D eigenvalue weighted by atomic mass is 32.2. The Morgan fingerprint density at radius 1 is 1.00 bits per heavy atom. The first-order chi connectivity index (χ1) is 14.0. The van der Waals surface area contributed by atoms with E-state index in [1.54, 1.807) is 24.3 Å². The second-order valence-corrected chi connectivity index (χ2v) is 8.86. The fourth-order valence-corrected chi connectivity index (χ4v) is 5.30. The number of nitrogens with one attached hydrogen (secondary N) is 1. The molecule has 2 aliphatic rings. The van der Waals surface area contributed by atoms with E-state index in [0.29, 0.717) is 24.4 Å². The number of hydrogen-bond acceptors (Lipinski definition) is 4. The Balaban J connectivity index is 1.43. The first kappa shape index (κ1) is 17.9. The van der Waals surface area contributed by atoms with Crippen molar-refractivity contribution in [1.82, 2.24) is 4.90 Å². The number of anilines is 1. The van der Waals surface area contributed by atoms with Crippen LogP contribution in [0.2, 0.25) is 0 Å². The zero-order valence-electron chi connectivity index (χ0n) is 15.6. The average Bonchev–Trinajstić information content (AvgIpc) is 3.31. The summed E-state index contributed by atoms with van der Waals surface area (Å²) in [5.74, 6) is 0.221. The van der Waals surface area contributed by atoms with E-state index in [1.165, 1.54) is 0 Å². The van der Waals surface area contributed by atoms with Crippen molar-refractivity contribution in [3.05, 3.63) is 72.3 Å². The Morgan fingerprint density at radius 2 is 1.76 bits per heavy atom. The molecule has 5 rings (SSSR count). The van der Waals surface area contributed by atoms with Crippen LogP contribution in [-0.2, 0) is 14.8 Å². The summed E-state index contributed by atoms with van der Waals surface area (Å²) in [6.45, 7) is 0.596. The number of amidine groups is 1. The third kappa shape index (κ3) is 3.07. The van der Waals surface area contributed by atoms with Crippen molar-refractivity contribution >= 4 is 38.2 Å². The second-order valence-electron chi connectivity index (χ2n) is 7.29. The zero-order chi connectivity index (χ0) is 20.0. The van der Waals surface area contributed by atoms with Gasteiger partial charge in [-0.2, -0.15) is 8.42 Å². The van der Waals surface area contributed by atoms with Gasteiger partial charge in [0.15, 0.2) is 5.84 Å². The monoisotopic (exact) mass is 405 g/mol. The summed E-state index contributed by atoms with van der Waals surface area (Å²) in [6, 6.07) is 20.1. The Hall–Kier alpha value is -3.19. The van der Waals surface area contributed by atoms with Crippen LogP contribution in [0.3, 0.4) is 0 Å². The second kappa shape index (κ2) is 6.70. The largest absolute Gasteiger partial charge is 0.343 e. The molecule has 1 atom stereocenters. The van der Waals surface area contributed by atoms with E-state index in [-0.39, 0.29) is 10.8 Å². The van der Waals surface area contributed by atoms with Gasteiger partial charge in [0.05, 0.1) is 0 Å². The van der Waals surface area contributed by atoms with Crippen LogP contribution in [0, 0.1) is 0 Å². The lowest BCUT2D eigenvalue weighted by Gasteiger charge is -2.25. The molecule has 0 radical (unpaired) electrons. The molecule has 29 heavy (non-hydrogen) atoms. The molecule has 1 N–H and O–H groups in total. The third-order valence-corrected chi connectivity index (χ3v) is 6.78. The number of benzene rings is 3. The molecule has 7 heteroatoms. The predicted octanol–water partition coefficient (Wildman–Crippen LogP) is 3.39. The Labute approximate surface area is 168 Å². The van der Waals surface area contributed by atoms with E-state index < -0.39 is 16.1 Å². The summed E-state index contributed by atoms with van der Waals surface area (Å²) in [5, 5.41) is 5.15. The van der Waals surface area contributed by atoms with Crippen molar-refractivity contribution in [1.29, 1.82) is 0 Å². The smallest absolute Gasteiger partial charge is 0.285 e. The molecule has 146 valence electrons. The first-order valence-electron chi connectivity index (χ1n) is 9.54. The summed E-state index contributed by atoms with van der Waals surface area (Å²) in [6.07, 6.45) is 1.46. The maximum absolute atomic E-state index is 13.0. The van der Waals surface area contributed by atoms with Gasteiger partial charge in [0.2, 0.25) is 5.91 Å². The lowest BCUT2D eigenvalue weighted by molar-refractivity contribution is -0.119. The van der Waals surface area contributed by atoms with Crippen LogP contribution in [0.5, 0.6) is 0 Å². The minimum absolute atomic E-state index is 0.151. The summed E-state index contributed by atoms with van der Waals surface area (Å²) in [7, 11) is -3.71. The van der Waals surface area contributed by atoms with Gasteiger partial charge in [-0.1, -0.05) is 42.5 Å². The fraction of sp³-hybridized carbons (Fsp3) is 0.182. The molecule has 0 aromatic heterocycles. The van der Waals surface area contributed by atoms with E-state index in [2.05, 4.69) is 9.71 Å². The average molecular weight is 405 g/mol. The highest BCUT2D eigenvalue weighted by Gasteiger charge is 2.39. The number of carbonyl (C=O) groups excluding carboxylic acids is 1. The van der Waals surface area contributed by atoms with E-state index in [4.69, 9.17) is 0 Å². The van der Waals surface area contributed by atoms with E-state index in [1.807, 2.05) is 47.4 Å². The topological polar surface area (TPSA) is 78.8 Å². The summed E-state index contributed by atoms with van der Waals surface area (Å²) >= 11 is 0. The number of rotatable bonds is 2. The molecular weight excluding hydrogens is 386 g/mol. The molecule has 0 spiro atoms. The molecule has 0 bridgehead atoms. The highest BCUT2D eigenvalue weighted by Crippen LogP contribution is 2.31. The van der Waals surface area contributed by atoms with Gasteiger partial charge in [0.25, 0.3) is 10.0 Å². The van der Waals surface area contributed by atoms with E-state index in [9.17, 15) is 13.2 Å². The van der Waals surface area contributed by atoms with Gasteiger partial charge in [-0.15, -0.1) is 4.40 Å². The Kier molecular flexibility index (Phi) is 4.13. The van der Waals surface area contributed by atoms with Gasteiger partial charge in [-0.25, -0.2) is 0 Å². The number of hydrogen-bond donors (Lipinski definition) is 1. The lowest BCUT2D eigenvalue weighted by atomic mass is 10.1. The number of carbonyl (C=O) groups is 1. The molecular formula is C22H19N3O3S. The fourth-order valence-electron chi connectivity index (χ4n) is 4.08. The number of amides is 1. The molecule has 0 saturated carbocycles. The van der Waals surface area contributed by atoms with Crippen molar-refractivity contribution in [2.45, 2.75) is 23.8 Å². The van der Waals surface area contributed by atoms with Crippen LogP contribution < -0.4 is 5.32 Å². The van der Waals surface area contributed by atoms with Gasteiger partial charge >= 0.3 is 0 Å². The summed E-state index contributed by atoms with van der Waals surface area (Å²) in [5.41, 5.74) is 1.29. The molecule has 2 aliphatic heterocycles. The molecule has 1 saturated heterocycles.